The van der Waals surface area contributed by atoms with Crippen molar-refractivity contribution in [2.75, 3.05) is 36.4 Å². The minimum atomic E-state index is -1.07. The Morgan fingerprint density at radius 1 is 0.818 bits per heavy atom. The molecule has 1 atom stereocenters. The van der Waals surface area contributed by atoms with Crippen LogP contribution in [0, 0.1) is 0 Å². The number of nitrogens with one attached hydrogen (secondary N) is 2. The van der Waals surface area contributed by atoms with Gasteiger partial charge >= 0.3 is 5.97 Å². The summed E-state index contributed by atoms with van der Waals surface area (Å²) in [5.74, 6) is -1.90. The average molecular weight is 593 g/mol. The van der Waals surface area contributed by atoms with E-state index in [2.05, 4.69) is 25.5 Å². The van der Waals surface area contributed by atoms with Crippen LogP contribution < -0.4 is 15.5 Å². The van der Waals surface area contributed by atoms with E-state index in [1.807, 2.05) is 30.3 Å². The molecular formula is C33H32N6O5. The number of piperazine rings is 1. The Bertz CT molecular complexity index is 1610. The van der Waals surface area contributed by atoms with Crippen molar-refractivity contribution in [2.24, 2.45) is 0 Å². The number of carboxylic acids is 1. The summed E-state index contributed by atoms with van der Waals surface area (Å²) in [4.78, 5) is 62.9. The average Bonchev–Trinajstić information content (AvgIpc) is 3.05. The fraction of sp³-hybridized carbons (Fsp3) is 0.212. The van der Waals surface area contributed by atoms with E-state index < -0.39 is 17.9 Å². The van der Waals surface area contributed by atoms with Gasteiger partial charge in [-0.15, -0.1) is 0 Å². The highest BCUT2D eigenvalue weighted by Crippen LogP contribution is 2.29. The summed E-state index contributed by atoms with van der Waals surface area (Å²) in [7, 11) is 0. The number of hydrogen-bond donors (Lipinski definition) is 3. The monoisotopic (exact) mass is 592 g/mol. The lowest BCUT2D eigenvalue weighted by molar-refractivity contribution is -0.137. The molecule has 0 saturated carbocycles. The Morgan fingerprint density at radius 2 is 1.55 bits per heavy atom. The van der Waals surface area contributed by atoms with E-state index in [0.29, 0.717) is 48.7 Å². The van der Waals surface area contributed by atoms with Gasteiger partial charge in [0.05, 0.1) is 35.8 Å². The highest BCUT2D eigenvalue weighted by atomic mass is 16.4. The normalized spacial score (nSPS) is 13.5. The summed E-state index contributed by atoms with van der Waals surface area (Å²) in [6.07, 6.45) is 6.08. The Kier molecular flexibility index (Phi) is 9.55. The first-order valence-electron chi connectivity index (χ1n) is 14.2. The molecule has 1 unspecified atom stereocenters. The Morgan fingerprint density at radius 3 is 2.20 bits per heavy atom. The molecule has 2 aromatic heterocycles. The molecule has 5 rings (SSSR count). The zero-order valence-corrected chi connectivity index (χ0v) is 23.9. The third kappa shape index (κ3) is 7.62. The number of pyridine rings is 2. The summed E-state index contributed by atoms with van der Waals surface area (Å²) >= 11 is 0. The first kappa shape index (κ1) is 29.9. The number of carboxylic acid groups (broad SMARTS) is 1. The molecule has 0 radical (unpaired) electrons. The number of carbonyl (C=O) groups excluding carboxylic acids is 3. The van der Waals surface area contributed by atoms with Gasteiger partial charge in [-0.25, -0.2) is 0 Å². The molecule has 2 aromatic carbocycles. The van der Waals surface area contributed by atoms with Crippen LogP contribution in [0.15, 0.2) is 97.6 Å². The van der Waals surface area contributed by atoms with Crippen molar-refractivity contribution in [1.82, 2.24) is 20.2 Å². The van der Waals surface area contributed by atoms with Gasteiger partial charge in [-0.1, -0.05) is 36.4 Å². The molecule has 3 N–H and O–H groups in total. The maximum Gasteiger partial charge on any atom is 0.305 e. The van der Waals surface area contributed by atoms with Gasteiger partial charge in [0.15, 0.2) is 0 Å². The van der Waals surface area contributed by atoms with E-state index in [-0.39, 0.29) is 30.2 Å². The maximum absolute atomic E-state index is 13.4. The van der Waals surface area contributed by atoms with Crippen molar-refractivity contribution in [3.8, 4) is 0 Å². The number of benzene rings is 2. The lowest BCUT2D eigenvalue weighted by Crippen LogP contribution is -2.49. The zero-order chi connectivity index (χ0) is 30.9. The second-order valence-corrected chi connectivity index (χ2v) is 10.4. The zero-order valence-electron chi connectivity index (χ0n) is 23.9. The van der Waals surface area contributed by atoms with Crippen molar-refractivity contribution in [3.05, 3.63) is 120 Å². The molecular weight excluding hydrogens is 560 g/mol. The van der Waals surface area contributed by atoms with E-state index >= 15 is 0 Å². The second-order valence-electron chi connectivity index (χ2n) is 10.4. The molecule has 3 heterocycles. The predicted octanol–water partition coefficient (Wildman–Crippen LogP) is 3.57. The van der Waals surface area contributed by atoms with Gasteiger partial charge in [0.25, 0.3) is 11.8 Å². The van der Waals surface area contributed by atoms with Crippen LogP contribution in [0.4, 0.5) is 11.4 Å². The topological polar surface area (TPSA) is 145 Å². The Balaban J connectivity index is 1.36. The molecule has 1 aliphatic rings. The van der Waals surface area contributed by atoms with E-state index in [1.54, 1.807) is 66.0 Å². The van der Waals surface area contributed by atoms with Crippen molar-refractivity contribution >= 4 is 35.1 Å². The van der Waals surface area contributed by atoms with Crippen LogP contribution in [0.3, 0.4) is 0 Å². The van der Waals surface area contributed by atoms with Crippen LogP contribution in [0.5, 0.6) is 0 Å². The Hall–Kier alpha value is -5.58. The summed E-state index contributed by atoms with van der Waals surface area (Å²) in [5.41, 5.74) is 3.35. The number of nitrogens with zero attached hydrogens (tertiary/aromatic N) is 4. The number of carbonyl (C=O) groups is 4. The predicted molar refractivity (Wildman–Crippen MR) is 164 cm³/mol. The number of aliphatic carboxylic acids is 1. The highest BCUT2D eigenvalue weighted by Gasteiger charge is 2.25. The van der Waals surface area contributed by atoms with E-state index in [9.17, 15) is 24.3 Å². The Labute approximate surface area is 254 Å². The van der Waals surface area contributed by atoms with Crippen LogP contribution in [0.1, 0.15) is 44.3 Å². The third-order valence-corrected chi connectivity index (χ3v) is 7.33. The minimum absolute atomic E-state index is 0.0920. The lowest BCUT2D eigenvalue weighted by Gasteiger charge is -2.37. The molecule has 4 aromatic rings. The molecule has 1 aliphatic heterocycles. The maximum atomic E-state index is 13.4. The molecule has 1 saturated heterocycles. The minimum Gasteiger partial charge on any atom is -0.481 e. The second kappa shape index (κ2) is 14.1. The van der Waals surface area contributed by atoms with Gasteiger partial charge in [0.2, 0.25) is 5.91 Å². The van der Waals surface area contributed by atoms with Crippen molar-refractivity contribution in [3.63, 3.8) is 0 Å². The summed E-state index contributed by atoms with van der Waals surface area (Å²) in [6, 6.07) is 20.4. The smallest absolute Gasteiger partial charge is 0.305 e. The van der Waals surface area contributed by atoms with E-state index in [4.69, 9.17) is 0 Å². The molecule has 0 spiro atoms. The fourth-order valence-corrected chi connectivity index (χ4v) is 5.10. The molecule has 11 nitrogen and oxygen atoms in total. The van der Waals surface area contributed by atoms with Crippen LogP contribution in [-0.2, 0) is 16.0 Å². The van der Waals surface area contributed by atoms with Crippen LogP contribution in [-0.4, -0.2) is 69.8 Å². The summed E-state index contributed by atoms with van der Waals surface area (Å²) < 4.78 is 0. The van der Waals surface area contributed by atoms with E-state index in [0.717, 1.165) is 5.56 Å². The van der Waals surface area contributed by atoms with Gasteiger partial charge in [-0.3, -0.25) is 29.1 Å². The standard InChI is InChI=1S/C33H32N6O5/c40-30(18-23-6-2-1-3-7-23)36-28-19-24(32(43)37-27(20-31(41)42)25-8-4-12-34-21-25)10-11-29(28)38-14-16-39(17-15-38)33(44)26-9-5-13-35-22-26/h1-13,19,21-22,27H,14-18,20H2,(H,36,40)(H,37,43)(H,41,42). The summed E-state index contributed by atoms with van der Waals surface area (Å²) in [5, 5.41) is 15.2. The number of amides is 3. The van der Waals surface area contributed by atoms with Crippen LogP contribution in [0.2, 0.25) is 0 Å². The van der Waals surface area contributed by atoms with Crippen LogP contribution >= 0.6 is 0 Å². The molecule has 0 bridgehead atoms. The van der Waals surface area contributed by atoms with Gasteiger partial charge in [-0.05, 0) is 47.5 Å². The quantitative estimate of drug-likeness (QED) is 0.254. The number of anilines is 2. The largest absolute Gasteiger partial charge is 0.481 e. The van der Waals surface area contributed by atoms with Gasteiger partial charge < -0.3 is 25.5 Å². The molecule has 11 heteroatoms. The molecule has 3 amide bonds. The third-order valence-electron chi connectivity index (χ3n) is 7.33. The van der Waals surface area contributed by atoms with Gasteiger partial charge in [0, 0.05) is 56.5 Å². The fourth-order valence-electron chi connectivity index (χ4n) is 5.10. The highest BCUT2D eigenvalue weighted by molar-refractivity contribution is 6.01. The van der Waals surface area contributed by atoms with Crippen molar-refractivity contribution < 1.29 is 24.3 Å². The SMILES string of the molecule is O=C(O)CC(NC(=O)c1ccc(N2CCN(C(=O)c3cccnc3)CC2)c(NC(=O)Cc2ccccc2)c1)c1cccnc1. The van der Waals surface area contributed by atoms with E-state index in [1.165, 1.54) is 6.20 Å². The van der Waals surface area contributed by atoms with Gasteiger partial charge in [0.1, 0.15) is 0 Å². The number of rotatable bonds is 10. The molecule has 0 aliphatic carbocycles. The first-order valence-corrected chi connectivity index (χ1v) is 14.2. The first-order chi connectivity index (χ1) is 21.4. The lowest BCUT2D eigenvalue weighted by atomic mass is 10.0. The van der Waals surface area contributed by atoms with Crippen LogP contribution in [0.25, 0.3) is 0 Å². The molecule has 224 valence electrons. The van der Waals surface area contributed by atoms with Crippen molar-refractivity contribution in [1.29, 1.82) is 0 Å². The van der Waals surface area contributed by atoms with Gasteiger partial charge in [-0.2, -0.15) is 0 Å². The van der Waals surface area contributed by atoms with Crippen molar-refractivity contribution in [2.45, 2.75) is 18.9 Å². The molecule has 44 heavy (non-hydrogen) atoms. The number of aromatic nitrogens is 2. The molecule has 1 fully saturated rings. The number of hydrogen-bond acceptors (Lipinski definition) is 7. The summed E-state index contributed by atoms with van der Waals surface area (Å²) in [6.45, 7) is 1.96.